The maximum atomic E-state index is 12.5. The monoisotopic (exact) mass is 279 g/mol. The summed E-state index contributed by atoms with van der Waals surface area (Å²) < 4.78 is 42.1. The first-order chi connectivity index (χ1) is 8.82. The lowest BCUT2D eigenvalue weighted by Gasteiger charge is -2.11. The molecule has 0 unspecified atom stereocenters. The van der Waals surface area contributed by atoms with Gasteiger partial charge in [0.2, 0.25) is 5.95 Å². The molecule has 0 aliphatic heterocycles. The summed E-state index contributed by atoms with van der Waals surface area (Å²) in [7, 11) is 1.40. The van der Waals surface area contributed by atoms with E-state index in [1.54, 1.807) is 0 Å². The van der Waals surface area contributed by atoms with E-state index >= 15 is 0 Å². The predicted molar refractivity (Wildman–Crippen MR) is 60.6 cm³/mol. The minimum absolute atomic E-state index is 0.0419. The van der Waals surface area contributed by atoms with E-state index in [2.05, 4.69) is 25.3 Å². The van der Waals surface area contributed by atoms with Gasteiger partial charge in [-0.15, -0.1) is 0 Å². The second-order valence-corrected chi connectivity index (χ2v) is 3.30. The van der Waals surface area contributed by atoms with E-state index in [0.717, 1.165) is 6.07 Å². The first-order valence-electron chi connectivity index (χ1n) is 5.13. The Morgan fingerprint density at radius 3 is 2.68 bits per heavy atom. The summed E-state index contributed by atoms with van der Waals surface area (Å²) in [6, 6.07) is 0.755. The molecule has 10 heteroatoms. The molecule has 0 saturated carbocycles. The van der Waals surface area contributed by atoms with Gasteiger partial charge in [-0.3, -0.25) is 0 Å². The number of aromatic nitrogens is 2. The van der Waals surface area contributed by atoms with E-state index in [1.807, 2.05) is 0 Å². The first-order valence-corrected chi connectivity index (χ1v) is 5.13. The van der Waals surface area contributed by atoms with Crippen LogP contribution in [-0.4, -0.2) is 36.3 Å². The number of halogens is 3. The van der Waals surface area contributed by atoms with Crippen molar-refractivity contribution in [1.82, 2.24) is 9.97 Å². The van der Waals surface area contributed by atoms with Crippen LogP contribution in [0.1, 0.15) is 5.69 Å². The van der Waals surface area contributed by atoms with E-state index in [9.17, 15) is 18.0 Å². The Hall–Kier alpha value is -2.26. The zero-order valence-corrected chi connectivity index (χ0v) is 9.91. The van der Waals surface area contributed by atoms with Crippen molar-refractivity contribution in [3.8, 4) is 0 Å². The van der Waals surface area contributed by atoms with Crippen molar-refractivity contribution < 1.29 is 22.7 Å². The molecule has 0 aliphatic rings. The van der Waals surface area contributed by atoms with Gasteiger partial charge < -0.3 is 21.1 Å². The van der Waals surface area contributed by atoms with Crippen LogP contribution in [0.5, 0.6) is 0 Å². The number of nitrogens with two attached hydrogens (primary N) is 1. The highest BCUT2D eigenvalue weighted by atomic mass is 19.4. The van der Waals surface area contributed by atoms with Crippen molar-refractivity contribution >= 4 is 17.9 Å². The number of carbonyl (C=O) groups is 1. The van der Waals surface area contributed by atoms with Crippen LogP contribution in [0.15, 0.2) is 6.07 Å². The van der Waals surface area contributed by atoms with E-state index in [-0.39, 0.29) is 24.9 Å². The van der Waals surface area contributed by atoms with Crippen LogP contribution in [-0.2, 0) is 10.9 Å². The molecule has 1 amide bonds. The molecule has 19 heavy (non-hydrogen) atoms. The van der Waals surface area contributed by atoms with Crippen LogP contribution in [0.25, 0.3) is 0 Å². The number of rotatable bonds is 5. The minimum Gasteiger partial charge on any atom is -0.448 e. The number of hydrogen-bond acceptors (Lipinski definition) is 6. The SMILES string of the molecule is CNc1nc(NCCOC(N)=O)cc(C(F)(F)F)n1. The second kappa shape index (κ2) is 6.07. The Kier molecular flexibility index (Phi) is 4.73. The van der Waals surface area contributed by atoms with Gasteiger partial charge >= 0.3 is 12.3 Å². The quantitative estimate of drug-likeness (QED) is 0.696. The first kappa shape index (κ1) is 14.8. The van der Waals surface area contributed by atoms with Gasteiger partial charge in [-0.25, -0.2) is 9.78 Å². The second-order valence-electron chi connectivity index (χ2n) is 3.30. The van der Waals surface area contributed by atoms with Crippen LogP contribution in [0.3, 0.4) is 0 Å². The fraction of sp³-hybridized carbons (Fsp3) is 0.444. The van der Waals surface area contributed by atoms with Gasteiger partial charge in [-0.2, -0.15) is 18.2 Å². The van der Waals surface area contributed by atoms with Crippen LogP contribution >= 0.6 is 0 Å². The van der Waals surface area contributed by atoms with Crippen molar-refractivity contribution in [1.29, 1.82) is 0 Å². The number of anilines is 2. The Morgan fingerprint density at radius 1 is 1.47 bits per heavy atom. The summed E-state index contributed by atoms with van der Waals surface area (Å²) in [5.41, 5.74) is 3.65. The van der Waals surface area contributed by atoms with Crippen LogP contribution in [0.2, 0.25) is 0 Å². The molecule has 1 aromatic heterocycles. The summed E-state index contributed by atoms with van der Waals surface area (Å²) in [4.78, 5) is 17.3. The molecular formula is C9H12F3N5O2. The molecule has 1 heterocycles. The highest BCUT2D eigenvalue weighted by molar-refractivity contribution is 5.64. The number of nitrogens with zero attached hydrogens (tertiary/aromatic N) is 2. The fourth-order valence-corrected chi connectivity index (χ4v) is 1.13. The smallest absolute Gasteiger partial charge is 0.433 e. The molecule has 0 aromatic carbocycles. The van der Waals surface area contributed by atoms with E-state index in [1.165, 1.54) is 7.05 Å². The summed E-state index contributed by atoms with van der Waals surface area (Å²) in [6.07, 6.45) is -5.54. The molecule has 0 spiro atoms. The largest absolute Gasteiger partial charge is 0.448 e. The third-order valence-corrected chi connectivity index (χ3v) is 1.89. The number of nitrogens with one attached hydrogen (secondary N) is 2. The topological polar surface area (TPSA) is 102 Å². The van der Waals surface area contributed by atoms with Crippen LogP contribution < -0.4 is 16.4 Å². The van der Waals surface area contributed by atoms with Gasteiger partial charge in [0.1, 0.15) is 12.4 Å². The number of primary amides is 1. The van der Waals surface area contributed by atoms with Crippen LogP contribution in [0, 0.1) is 0 Å². The van der Waals surface area contributed by atoms with Gasteiger partial charge in [-0.05, 0) is 0 Å². The third kappa shape index (κ3) is 4.85. The average Bonchev–Trinajstić information content (AvgIpc) is 2.33. The Bertz CT molecular complexity index is 452. The molecule has 0 fully saturated rings. The molecule has 1 aromatic rings. The van der Waals surface area contributed by atoms with Crippen molar-refractivity contribution in [3.63, 3.8) is 0 Å². The molecule has 0 aliphatic carbocycles. The summed E-state index contributed by atoms with van der Waals surface area (Å²) >= 11 is 0. The molecule has 4 N–H and O–H groups in total. The van der Waals surface area contributed by atoms with Gasteiger partial charge in [0, 0.05) is 13.1 Å². The van der Waals surface area contributed by atoms with Crippen molar-refractivity contribution in [2.45, 2.75) is 6.18 Å². The van der Waals surface area contributed by atoms with Gasteiger partial charge in [-0.1, -0.05) is 0 Å². The average molecular weight is 279 g/mol. The number of hydrogen-bond donors (Lipinski definition) is 3. The third-order valence-electron chi connectivity index (χ3n) is 1.89. The summed E-state index contributed by atoms with van der Waals surface area (Å²) in [6.45, 7) is -0.0179. The van der Waals surface area contributed by atoms with Gasteiger partial charge in [0.25, 0.3) is 0 Å². The molecule has 106 valence electrons. The zero-order valence-electron chi connectivity index (χ0n) is 9.91. The molecular weight excluding hydrogens is 267 g/mol. The molecule has 1 rings (SSSR count). The van der Waals surface area contributed by atoms with Crippen molar-refractivity contribution in [3.05, 3.63) is 11.8 Å². The number of amides is 1. The van der Waals surface area contributed by atoms with E-state index < -0.39 is 18.0 Å². The molecule has 0 atom stereocenters. The Labute approximate surface area is 106 Å². The lowest BCUT2D eigenvalue weighted by Crippen LogP contribution is -2.19. The van der Waals surface area contributed by atoms with Gasteiger partial charge in [0.05, 0.1) is 6.54 Å². The molecule has 0 bridgehead atoms. The Morgan fingerprint density at radius 2 is 2.16 bits per heavy atom. The summed E-state index contributed by atoms with van der Waals surface area (Å²) in [5.74, 6) is -0.215. The number of carbonyl (C=O) groups excluding carboxylic acids is 1. The van der Waals surface area contributed by atoms with Crippen molar-refractivity contribution in [2.24, 2.45) is 5.73 Å². The molecule has 7 nitrogen and oxygen atoms in total. The normalized spacial score (nSPS) is 10.9. The maximum absolute atomic E-state index is 12.5. The standard InChI is InChI=1S/C9H12F3N5O2/c1-14-8-16-5(9(10,11)12)4-6(17-8)15-2-3-19-7(13)18/h4H,2-3H2,1H3,(H2,13,18)(H2,14,15,16,17). The predicted octanol–water partition coefficient (Wildman–Crippen LogP) is 1.04. The lowest BCUT2D eigenvalue weighted by atomic mass is 10.3. The lowest BCUT2D eigenvalue weighted by molar-refractivity contribution is -0.141. The maximum Gasteiger partial charge on any atom is 0.433 e. The molecule has 0 radical (unpaired) electrons. The van der Waals surface area contributed by atoms with Gasteiger partial charge in [0.15, 0.2) is 5.69 Å². The minimum atomic E-state index is -4.57. The molecule has 0 saturated heterocycles. The summed E-state index contributed by atoms with van der Waals surface area (Å²) in [5, 5.41) is 4.98. The van der Waals surface area contributed by atoms with E-state index in [0.29, 0.717) is 0 Å². The highest BCUT2D eigenvalue weighted by Crippen LogP contribution is 2.29. The fourth-order valence-electron chi connectivity index (χ4n) is 1.13. The van der Waals surface area contributed by atoms with E-state index in [4.69, 9.17) is 5.73 Å². The van der Waals surface area contributed by atoms with Crippen molar-refractivity contribution in [2.75, 3.05) is 30.8 Å². The Balaban J connectivity index is 2.74. The zero-order chi connectivity index (χ0) is 14.5. The number of ether oxygens (including phenoxy) is 1. The highest BCUT2D eigenvalue weighted by Gasteiger charge is 2.33. The van der Waals surface area contributed by atoms with Crippen LogP contribution in [0.4, 0.5) is 29.7 Å². The number of alkyl halides is 3.